The van der Waals surface area contributed by atoms with Crippen LogP contribution < -0.4 is 4.74 Å². The van der Waals surface area contributed by atoms with Gasteiger partial charge in [-0.25, -0.2) is 4.39 Å². The number of hydrogen-bond donors (Lipinski definition) is 0. The molecular formula is C16H11ClFNO2. The van der Waals surface area contributed by atoms with E-state index in [9.17, 15) is 9.18 Å². The van der Waals surface area contributed by atoms with Crippen molar-refractivity contribution in [2.45, 2.75) is 13.5 Å². The molecule has 0 radical (unpaired) electrons. The summed E-state index contributed by atoms with van der Waals surface area (Å²) in [5.41, 5.74) is 1.10. The van der Waals surface area contributed by atoms with Crippen molar-refractivity contribution in [3.05, 3.63) is 63.9 Å². The van der Waals surface area contributed by atoms with Crippen molar-refractivity contribution in [3.63, 3.8) is 0 Å². The molecule has 2 aromatic carbocycles. The van der Waals surface area contributed by atoms with Gasteiger partial charge in [0.15, 0.2) is 5.78 Å². The largest absolute Gasteiger partial charge is 0.487 e. The zero-order valence-electron chi connectivity index (χ0n) is 11.2. The Morgan fingerprint density at radius 1 is 1.33 bits per heavy atom. The minimum absolute atomic E-state index is 0.0551. The Balaban J connectivity index is 2.17. The predicted molar refractivity (Wildman–Crippen MR) is 76.9 cm³/mol. The minimum atomic E-state index is -0.453. The number of hydrogen-bond acceptors (Lipinski definition) is 3. The molecule has 0 saturated carbocycles. The van der Waals surface area contributed by atoms with Gasteiger partial charge in [0.2, 0.25) is 0 Å². The SMILES string of the molecule is CC(=O)c1ccc(OCc2cc(C#N)ccc2F)c(Cl)c1. The molecule has 106 valence electrons. The van der Waals surface area contributed by atoms with Crippen LogP contribution in [-0.4, -0.2) is 5.78 Å². The number of nitriles is 1. The van der Waals surface area contributed by atoms with Crippen LogP contribution in [0.5, 0.6) is 5.75 Å². The zero-order chi connectivity index (χ0) is 15.4. The summed E-state index contributed by atoms with van der Waals surface area (Å²) in [7, 11) is 0. The van der Waals surface area contributed by atoms with Crippen molar-refractivity contribution in [1.82, 2.24) is 0 Å². The molecule has 0 aliphatic rings. The van der Waals surface area contributed by atoms with Gasteiger partial charge in [0.05, 0.1) is 16.7 Å². The lowest BCUT2D eigenvalue weighted by Crippen LogP contribution is -2.00. The van der Waals surface area contributed by atoms with Crippen LogP contribution in [0.25, 0.3) is 0 Å². The van der Waals surface area contributed by atoms with Crippen LogP contribution in [0.1, 0.15) is 28.4 Å². The predicted octanol–water partition coefficient (Wildman–Crippen LogP) is 4.13. The van der Waals surface area contributed by atoms with Crippen molar-refractivity contribution in [3.8, 4) is 11.8 Å². The first-order valence-electron chi connectivity index (χ1n) is 6.13. The molecule has 0 heterocycles. The number of ether oxygens (including phenoxy) is 1. The minimum Gasteiger partial charge on any atom is -0.487 e. The van der Waals surface area contributed by atoms with E-state index in [-0.39, 0.29) is 23.0 Å². The summed E-state index contributed by atoms with van der Waals surface area (Å²) in [6, 6.07) is 10.6. The van der Waals surface area contributed by atoms with Crippen molar-refractivity contribution in [2.24, 2.45) is 0 Å². The third-order valence-electron chi connectivity index (χ3n) is 2.90. The zero-order valence-corrected chi connectivity index (χ0v) is 11.9. The molecule has 0 aliphatic carbocycles. The van der Waals surface area contributed by atoms with Gasteiger partial charge in [0, 0.05) is 11.1 Å². The van der Waals surface area contributed by atoms with Crippen molar-refractivity contribution >= 4 is 17.4 Å². The highest BCUT2D eigenvalue weighted by atomic mass is 35.5. The maximum Gasteiger partial charge on any atom is 0.159 e. The highest BCUT2D eigenvalue weighted by Gasteiger charge is 2.09. The molecule has 0 fully saturated rings. The van der Waals surface area contributed by atoms with Gasteiger partial charge in [-0.3, -0.25) is 4.79 Å². The molecule has 0 saturated heterocycles. The summed E-state index contributed by atoms with van der Waals surface area (Å²) in [6.45, 7) is 1.38. The van der Waals surface area contributed by atoms with Gasteiger partial charge in [0.25, 0.3) is 0 Å². The third-order valence-corrected chi connectivity index (χ3v) is 3.19. The number of benzene rings is 2. The molecule has 2 aromatic rings. The summed E-state index contributed by atoms with van der Waals surface area (Å²) in [6.07, 6.45) is 0. The Labute approximate surface area is 126 Å². The molecule has 2 rings (SSSR count). The molecule has 0 aliphatic heterocycles. The van der Waals surface area contributed by atoms with Crippen molar-refractivity contribution < 1.29 is 13.9 Å². The number of ketones is 1. The van der Waals surface area contributed by atoms with E-state index in [1.807, 2.05) is 6.07 Å². The average Bonchev–Trinajstić information content (AvgIpc) is 2.47. The summed E-state index contributed by atoms with van der Waals surface area (Å²) in [4.78, 5) is 11.2. The van der Waals surface area contributed by atoms with Gasteiger partial charge < -0.3 is 4.74 Å². The van der Waals surface area contributed by atoms with E-state index in [1.165, 1.54) is 31.2 Å². The van der Waals surface area contributed by atoms with Crippen LogP contribution in [0.15, 0.2) is 36.4 Å². The van der Waals surface area contributed by atoms with E-state index in [0.717, 1.165) is 0 Å². The number of carbonyl (C=O) groups excluding carboxylic acids is 1. The molecule has 0 amide bonds. The molecule has 0 spiro atoms. The van der Waals surface area contributed by atoms with Crippen molar-refractivity contribution in [1.29, 1.82) is 5.26 Å². The second kappa shape index (κ2) is 6.38. The van der Waals surface area contributed by atoms with Crippen LogP contribution in [0.2, 0.25) is 5.02 Å². The van der Waals surface area contributed by atoms with Crippen LogP contribution in [0.4, 0.5) is 4.39 Å². The maximum absolute atomic E-state index is 13.6. The smallest absolute Gasteiger partial charge is 0.159 e. The first-order chi connectivity index (χ1) is 10.0. The Morgan fingerprint density at radius 2 is 2.10 bits per heavy atom. The molecule has 0 atom stereocenters. The molecule has 5 heteroatoms. The van der Waals surface area contributed by atoms with Gasteiger partial charge >= 0.3 is 0 Å². The van der Waals surface area contributed by atoms with E-state index in [2.05, 4.69) is 0 Å². The molecule has 21 heavy (non-hydrogen) atoms. The molecular weight excluding hydrogens is 293 g/mol. The fraction of sp³-hybridized carbons (Fsp3) is 0.125. The average molecular weight is 304 g/mol. The van der Waals surface area contributed by atoms with E-state index >= 15 is 0 Å². The van der Waals surface area contributed by atoms with Crippen LogP contribution in [-0.2, 0) is 6.61 Å². The molecule has 0 bridgehead atoms. The van der Waals surface area contributed by atoms with Crippen molar-refractivity contribution in [2.75, 3.05) is 0 Å². The Hall–Kier alpha value is -2.38. The second-order valence-electron chi connectivity index (χ2n) is 4.41. The van der Waals surface area contributed by atoms with E-state index < -0.39 is 5.82 Å². The highest BCUT2D eigenvalue weighted by molar-refractivity contribution is 6.32. The van der Waals surface area contributed by atoms with Crippen LogP contribution in [0.3, 0.4) is 0 Å². The molecule has 0 unspecified atom stereocenters. The lowest BCUT2D eigenvalue weighted by atomic mass is 10.1. The number of nitrogens with zero attached hydrogens (tertiary/aromatic N) is 1. The molecule has 3 nitrogen and oxygen atoms in total. The van der Waals surface area contributed by atoms with Gasteiger partial charge in [-0.2, -0.15) is 5.26 Å². The number of rotatable bonds is 4. The summed E-state index contributed by atoms with van der Waals surface area (Å²) >= 11 is 6.01. The highest BCUT2D eigenvalue weighted by Crippen LogP contribution is 2.27. The first kappa shape index (κ1) is 15.0. The lowest BCUT2D eigenvalue weighted by Gasteiger charge is -2.10. The molecule has 0 N–H and O–H groups in total. The molecule has 0 aromatic heterocycles. The van der Waals surface area contributed by atoms with Crippen LogP contribution in [0, 0.1) is 17.1 Å². The fourth-order valence-electron chi connectivity index (χ4n) is 1.75. The Bertz CT molecular complexity index is 738. The number of Topliss-reactive ketones (excluding diaryl/α,β-unsaturated/α-hetero) is 1. The number of carbonyl (C=O) groups is 1. The summed E-state index contributed by atoms with van der Waals surface area (Å²) < 4.78 is 19.1. The topological polar surface area (TPSA) is 50.1 Å². The summed E-state index contributed by atoms with van der Waals surface area (Å²) in [5, 5.41) is 9.08. The Kier molecular flexibility index (Phi) is 4.56. The third kappa shape index (κ3) is 3.59. The maximum atomic E-state index is 13.6. The van der Waals surface area contributed by atoms with E-state index in [0.29, 0.717) is 16.9 Å². The lowest BCUT2D eigenvalue weighted by molar-refractivity contribution is 0.101. The number of halogens is 2. The van der Waals surface area contributed by atoms with E-state index in [4.69, 9.17) is 21.6 Å². The standard InChI is InChI=1S/C16H11ClFNO2/c1-10(20)12-3-5-16(14(17)7-12)21-9-13-6-11(8-19)2-4-15(13)18/h2-7H,9H2,1H3. The summed E-state index contributed by atoms with van der Waals surface area (Å²) in [5.74, 6) is -0.204. The quantitative estimate of drug-likeness (QED) is 0.798. The monoisotopic (exact) mass is 303 g/mol. The Morgan fingerprint density at radius 3 is 2.71 bits per heavy atom. The first-order valence-corrected chi connectivity index (χ1v) is 6.51. The van der Waals surface area contributed by atoms with Gasteiger partial charge in [0.1, 0.15) is 18.2 Å². The van der Waals surface area contributed by atoms with Gasteiger partial charge in [-0.1, -0.05) is 11.6 Å². The van der Waals surface area contributed by atoms with Crippen LogP contribution >= 0.6 is 11.6 Å². The normalized spacial score (nSPS) is 10.0. The van der Waals surface area contributed by atoms with E-state index in [1.54, 1.807) is 12.1 Å². The second-order valence-corrected chi connectivity index (χ2v) is 4.82. The fourth-order valence-corrected chi connectivity index (χ4v) is 1.98. The van der Waals surface area contributed by atoms with Gasteiger partial charge in [-0.15, -0.1) is 0 Å². The van der Waals surface area contributed by atoms with Gasteiger partial charge in [-0.05, 0) is 43.3 Å².